The standard InChI is InChI=1S/C15H30FNOSi/c1-11(17)14(16)13-9-7-8-12(13)10-18-19(5,6)15(2,3)4/h11-12H,7-10,17H2,1-6H3/b14-13-. The molecule has 2 N–H and O–H groups in total. The molecule has 0 aromatic rings. The smallest absolute Gasteiger partial charge is 0.192 e. The molecule has 1 aliphatic carbocycles. The first-order valence-corrected chi connectivity index (χ1v) is 10.2. The van der Waals surface area contributed by atoms with Gasteiger partial charge < -0.3 is 10.2 Å². The molecule has 2 unspecified atom stereocenters. The highest BCUT2D eigenvalue weighted by atomic mass is 28.4. The van der Waals surface area contributed by atoms with Gasteiger partial charge in [-0.15, -0.1) is 0 Å². The number of nitrogens with two attached hydrogens (primary N) is 1. The van der Waals surface area contributed by atoms with Crippen molar-refractivity contribution in [2.75, 3.05) is 6.61 Å². The third kappa shape index (κ3) is 4.13. The molecule has 0 aliphatic heterocycles. The lowest BCUT2D eigenvalue weighted by Crippen LogP contribution is -2.42. The Kier molecular flexibility index (Phi) is 5.38. The molecule has 0 saturated heterocycles. The van der Waals surface area contributed by atoms with Crippen LogP contribution in [0.2, 0.25) is 18.1 Å². The fourth-order valence-corrected chi connectivity index (χ4v) is 3.28. The number of rotatable bonds is 4. The number of halogens is 1. The number of hydrogen-bond donors (Lipinski definition) is 1. The molecule has 0 radical (unpaired) electrons. The predicted octanol–water partition coefficient (Wildman–Crippen LogP) is 4.38. The molecular formula is C15H30FNOSi. The minimum atomic E-state index is -1.74. The summed E-state index contributed by atoms with van der Waals surface area (Å²) < 4.78 is 20.3. The zero-order valence-electron chi connectivity index (χ0n) is 13.3. The second-order valence-electron chi connectivity index (χ2n) is 7.32. The van der Waals surface area contributed by atoms with E-state index in [-0.39, 0.29) is 16.8 Å². The van der Waals surface area contributed by atoms with Gasteiger partial charge in [0.1, 0.15) is 5.83 Å². The van der Waals surface area contributed by atoms with E-state index in [0.29, 0.717) is 6.61 Å². The molecule has 4 heteroatoms. The Morgan fingerprint density at radius 1 is 1.47 bits per heavy atom. The summed E-state index contributed by atoms with van der Waals surface area (Å²) >= 11 is 0. The predicted molar refractivity (Wildman–Crippen MR) is 82.3 cm³/mol. The van der Waals surface area contributed by atoms with Crippen LogP contribution in [-0.4, -0.2) is 21.0 Å². The van der Waals surface area contributed by atoms with Crippen molar-refractivity contribution in [3.05, 3.63) is 11.4 Å². The Morgan fingerprint density at radius 2 is 2.05 bits per heavy atom. The van der Waals surface area contributed by atoms with Crippen molar-refractivity contribution < 1.29 is 8.82 Å². The fraction of sp³-hybridized carbons (Fsp3) is 0.867. The van der Waals surface area contributed by atoms with Gasteiger partial charge in [0.15, 0.2) is 8.32 Å². The Balaban J connectivity index is 2.71. The summed E-state index contributed by atoms with van der Waals surface area (Å²) in [6, 6.07) is -0.483. The highest BCUT2D eigenvalue weighted by molar-refractivity contribution is 6.74. The molecule has 19 heavy (non-hydrogen) atoms. The van der Waals surface area contributed by atoms with Crippen LogP contribution in [0.1, 0.15) is 47.0 Å². The summed E-state index contributed by atoms with van der Waals surface area (Å²) in [5.74, 6) is 0.126. The number of hydrogen-bond acceptors (Lipinski definition) is 2. The normalized spacial score (nSPS) is 25.6. The van der Waals surface area contributed by atoms with Crippen molar-refractivity contribution in [3.8, 4) is 0 Å². The average Bonchev–Trinajstić information content (AvgIpc) is 2.71. The summed E-state index contributed by atoms with van der Waals surface area (Å²) in [4.78, 5) is 0. The minimum Gasteiger partial charge on any atom is -0.416 e. The monoisotopic (exact) mass is 287 g/mol. The maximum atomic E-state index is 14.0. The largest absolute Gasteiger partial charge is 0.416 e. The van der Waals surface area contributed by atoms with Crippen LogP contribution >= 0.6 is 0 Å². The van der Waals surface area contributed by atoms with Crippen LogP contribution in [0.4, 0.5) is 4.39 Å². The third-order valence-electron chi connectivity index (χ3n) is 4.65. The van der Waals surface area contributed by atoms with Crippen molar-refractivity contribution in [3.63, 3.8) is 0 Å². The zero-order chi connectivity index (χ0) is 14.8. The molecule has 0 bridgehead atoms. The van der Waals surface area contributed by atoms with Crippen LogP contribution in [0.5, 0.6) is 0 Å². The topological polar surface area (TPSA) is 35.2 Å². The molecule has 0 spiro atoms. The van der Waals surface area contributed by atoms with Crippen LogP contribution < -0.4 is 5.73 Å². The molecule has 1 rings (SSSR count). The van der Waals surface area contributed by atoms with Crippen molar-refractivity contribution in [1.29, 1.82) is 0 Å². The van der Waals surface area contributed by atoms with E-state index in [0.717, 1.165) is 24.8 Å². The first kappa shape index (κ1) is 16.9. The van der Waals surface area contributed by atoms with E-state index in [9.17, 15) is 4.39 Å². The van der Waals surface area contributed by atoms with Gasteiger partial charge in [0.2, 0.25) is 0 Å². The van der Waals surface area contributed by atoms with Gasteiger partial charge in [-0.2, -0.15) is 0 Å². The molecule has 1 fully saturated rings. The van der Waals surface area contributed by atoms with Crippen molar-refractivity contribution in [2.45, 2.75) is 71.1 Å². The lowest BCUT2D eigenvalue weighted by molar-refractivity contribution is 0.245. The van der Waals surface area contributed by atoms with Crippen molar-refractivity contribution in [1.82, 2.24) is 0 Å². The van der Waals surface area contributed by atoms with Crippen LogP contribution in [-0.2, 0) is 4.43 Å². The Bertz CT molecular complexity index is 345. The second-order valence-corrected chi connectivity index (χ2v) is 12.1. The van der Waals surface area contributed by atoms with Crippen LogP contribution in [0.25, 0.3) is 0 Å². The molecule has 1 aliphatic rings. The molecule has 0 aromatic carbocycles. The van der Waals surface area contributed by atoms with Gasteiger partial charge in [0.25, 0.3) is 0 Å². The zero-order valence-corrected chi connectivity index (χ0v) is 14.3. The van der Waals surface area contributed by atoms with E-state index in [2.05, 4.69) is 33.9 Å². The van der Waals surface area contributed by atoms with Crippen molar-refractivity contribution >= 4 is 8.32 Å². The van der Waals surface area contributed by atoms with Gasteiger partial charge in [-0.3, -0.25) is 0 Å². The maximum Gasteiger partial charge on any atom is 0.192 e. The Hall–Kier alpha value is -0.193. The van der Waals surface area contributed by atoms with Gasteiger partial charge in [-0.05, 0) is 49.9 Å². The summed E-state index contributed by atoms with van der Waals surface area (Å²) in [5.41, 5.74) is 6.58. The lowest BCUT2D eigenvalue weighted by Gasteiger charge is -2.37. The van der Waals surface area contributed by atoms with Crippen LogP contribution in [0.3, 0.4) is 0 Å². The average molecular weight is 287 g/mol. The quantitative estimate of drug-likeness (QED) is 0.779. The maximum absolute atomic E-state index is 14.0. The van der Waals surface area contributed by atoms with E-state index in [4.69, 9.17) is 10.2 Å². The van der Waals surface area contributed by atoms with E-state index in [1.807, 2.05) is 0 Å². The molecule has 0 heterocycles. The SMILES string of the molecule is CC(N)/C(F)=C1\CCCC1CO[Si](C)(C)C(C)(C)C. The molecular weight excluding hydrogens is 257 g/mol. The fourth-order valence-electron chi connectivity index (χ4n) is 2.23. The summed E-state index contributed by atoms with van der Waals surface area (Å²) in [6.45, 7) is 13.5. The molecule has 1 saturated carbocycles. The van der Waals surface area contributed by atoms with Crippen molar-refractivity contribution in [2.24, 2.45) is 11.7 Å². The van der Waals surface area contributed by atoms with Crippen LogP contribution in [0, 0.1) is 5.92 Å². The summed E-state index contributed by atoms with van der Waals surface area (Å²) in [7, 11) is -1.74. The minimum absolute atomic E-state index is 0.110. The van der Waals surface area contributed by atoms with E-state index in [1.54, 1.807) is 6.92 Å². The van der Waals surface area contributed by atoms with Gasteiger partial charge in [-0.1, -0.05) is 20.8 Å². The lowest BCUT2D eigenvalue weighted by atomic mass is 10.0. The third-order valence-corrected chi connectivity index (χ3v) is 9.15. The van der Waals surface area contributed by atoms with Gasteiger partial charge in [-0.25, -0.2) is 4.39 Å². The highest BCUT2D eigenvalue weighted by Gasteiger charge is 2.38. The molecule has 0 amide bonds. The van der Waals surface area contributed by atoms with Crippen LogP contribution in [0.15, 0.2) is 11.4 Å². The Labute approximate surface area is 118 Å². The molecule has 2 nitrogen and oxygen atoms in total. The molecule has 0 aromatic heterocycles. The van der Waals surface area contributed by atoms with E-state index < -0.39 is 14.4 Å². The van der Waals surface area contributed by atoms with Gasteiger partial charge in [0.05, 0.1) is 6.04 Å². The second kappa shape index (κ2) is 6.06. The first-order chi connectivity index (χ1) is 8.56. The Morgan fingerprint density at radius 3 is 2.53 bits per heavy atom. The molecule has 2 atom stereocenters. The highest BCUT2D eigenvalue weighted by Crippen LogP contribution is 2.39. The van der Waals surface area contributed by atoms with Gasteiger partial charge in [0, 0.05) is 12.5 Å². The van der Waals surface area contributed by atoms with Gasteiger partial charge >= 0.3 is 0 Å². The first-order valence-electron chi connectivity index (χ1n) is 7.34. The van der Waals surface area contributed by atoms with E-state index in [1.165, 1.54) is 0 Å². The molecule has 112 valence electrons. The summed E-state index contributed by atoms with van der Waals surface area (Å²) in [5, 5.41) is 0.204. The van der Waals surface area contributed by atoms with E-state index >= 15 is 0 Å². The summed E-state index contributed by atoms with van der Waals surface area (Å²) in [6.07, 6.45) is 2.93.